The number of rotatable bonds is 14. The van der Waals surface area contributed by atoms with E-state index in [1.54, 1.807) is 0 Å². The van der Waals surface area contributed by atoms with E-state index in [9.17, 15) is 4.79 Å². The highest BCUT2D eigenvalue weighted by atomic mass is 35.5. The van der Waals surface area contributed by atoms with Gasteiger partial charge in [0.1, 0.15) is 0 Å². The molecule has 2 unspecified atom stereocenters. The summed E-state index contributed by atoms with van der Waals surface area (Å²) in [6.45, 7) is 8.13. The summed E-state index contributed by atoms with van der Waals surface area (Å²) >= 11 is 0. The molecule has 0 aliphatic rings. The van der Waals surface area contributed by atoms with Crippen LogP contribution in [0.2, 0.25) is 0 Å². The van der Waals surface area contributed by atoms with E-state index in [1.165, 1.54) is 51.4 Å². The molecule has 0 radical (unpaired) electrons. The van der Waals surface area contributed by atoms with Crippen LogP contribution >= 0.6 is 12.4 Å². The third-order valence-electron chi connectivity index (χ3n) is 4.25. The summed E-state index contributed by atoms with van der Waals surface area (Å²) in [6, 6.07) is 0.297. The van der Waals surface area contributed by atoms with Crippen molar-refractivity contribution in [2.24, 2.45) is 0 Å². The SMILES string of the molecule is C=CC(C(C)NC(=O)CCCCCCCCCCC)N(C)C.Cl. The van der Waals surface area contributed by atoms with Crippen molar-refractivity contribution in [3.05, 3.63) is 12.7 Å². The molecule has 0 aromatic carbocycles. The number of hydrogen-bond donors (Lipinski definition) is 1. The largest absolute Gasteiger partial charge is 0.352 e. The quantitative estimate of drug-likeness (QED) is 0.356. The highest BCUT2D eigenvalue weighted by molar-refractivity contribution is 5.85. The molecule has 1 N–H and O–H groups in total. The first-order valence-corrected chi connectivity index (χ1v) is 9.11. The van der Waals surface area contributed by atoms with E-state index < -0.39 is 0 Å². The number of unbranched alkanes of at least 4 members (excludes halogenated alkanes) is 8. The third-order valence-corrected chi connectivity index (χ3v) is 4.25. The molecule has 0 aromatic heterocycles. The molecule has 4 heteroatoms. The van der Waals surface area contributed by atoms with Gasteiger partial charge in [-0.1, -0.05) is 64.4 Å². The average molecular weight is 347 g/mol. The van der Waals surface area contributed by atoms with Crippen molar-refractivity contribution in [1.29, 1.82) is 0 Å². The maximum atomic E-state index is 11.9. The van der Waals surface area contributed by atoms with Crippen LogP contribution < -0.4 is 5.32 Å². The highest BCUT2D eigenvalue weighted by Gasteiger charge is 2.17. The number of nitrogens with one attached hydrogen (secondary N) is 1. The molecule has 0 rings (SSSR count). The molecule has 0 spiro atoms. The van der Waals surface area contributed by atoms with Crippen LogP contribution in [0.5, 0.6) is 0 Å². The maximum Gasteiger partial charge on any atom is 0.220 e. The van der Waals surface area contributed by atoms with E-state index in [0.717, 1.165) is 6.42 Å². The van der Waals surface area contributed by atoms with Crippen LogP contribution in [0.3, 0.4) is 0 Å². The van der Waals surface area contributed by atoms with Gasteiger partial charge in [-0.2, -0.15) is 0 Å². The molecule has 0 saturated heterocycles. The molecule has 2 atom stereocenters. The zero-order chi connectivity index (χ0) is 16.8. The van der Waals surface area contributed by atoms with Crippen molar-refractivity contribution in [3.63, 3.8) is 0 Å². The second kappa shape index (κ2) is 16.3. The lowest BCUT2D eigenvalue weighted by atomic mass is 10.1. The average Bonchev–Trinajstić information content (AvgIpc) is 2.45. The molecule has 0 aliphatic heterocycles. The summed E-state index contributed by atoms with van der Waals surface area (Å²) in [5.74, 6) is 0.171. The Morgan fingerprint density at radius 3 is 1.96 bits per heavy atom. The minimum Gasteiger partial charge on any atom is -0.352 e. The van der Waals surface area contributed by atoms with E-state index in [2.05, 4.69) is 23.7 Å². The van der Waals surface area contributed by atoms with Crippen molar-refractivity contribution in [3.8, 4) is 0 Å². The summed E-state index contributed by atoms with van der Waals surface area (Å²) in [6.07, 6.45) is 14.1. The van der Waals surface area contributed by atoms with E-state index in [-0.39, 0.29) is 30.4 Å². The Kier molecular flexibility index (Phi) is 17.5. The van der Waals surface area contributed by atoms with Crippen LogP contribution in [0.1, 0.15) is 78.1 Å². The zero-order valence-corrected chi connectivity index (χ0v) is 16.6. The molecule has 0 aliphatic carbocycles. The Morgan fingerprint density at radius 2 is 1.52 bits per heavy atom. The fraction of sp³-hybridized carbons (Fsp3) is 0.842. The number of nitrogens with zero attached hydrogens (tertiary/aromatic N) is 1. The van der Waals surface area contributed by atoms with Crippen molar-refractivity contribution >= 4 is 18.3 Å². The molecule has 1 amide bonds. The van der Waals surface area contributed by atoms with Crippen LogP contribution in [-0.4, -0.2) is 37.0 Å². The number of halogens is 1. The minimum atomic E-state index is 0. The van der Waals surface area contributed by atoms with Crippen molar-refractivity contribution < 1.29 is 4.79 Å². The van der Waals surface area contributed by atoms with Gasteiger partial charge >= 0.3 is 0 Å². The smallest absolute Gasteiger partial charge is 0.220 e. The van der Waals surface area contributed by atoms with Crippen molar-refractivity contribution in [2.75, 3.05) is 14.1 Å². The maximum absolute atomic E-state index is 11.9. The van der Waals surface area contributed by atoms with Gasteiger partial charge in [0, 0.05) is 18.5 Å². The highest BCUT2D eigenvalue weighted by Crippen LogP contribution is 2.10. The van der Waals surface area contributed by atoms with Crippen LogP contribution in [0.4, 0.5) is 0 Å². The van der Waals surface area contributed by atoms with Gasteiger partial charge in [0.05, 0.1) is 0 Å². The standard InChI is InChI=1S/C19H38N2O.ClH/c1-6-8-9-10-11-12-13-14-15-16-19(22)20-17(3)18(7-2)21(4)5;/h7,17-18H,2,6,8-16H2,1,3-5H3,(H,20,22);1H. The van der Waals surface area contributed by atoms with Crippen LogP contribution in [0.25, 0.3) is 0 Å². The zero-order valence-electron chi connectivity index (χ0n) is 15.8. The second-order valence-electron chi connectivity index (χ2n) is 6.62. The number of carbonyl (C=O) groups excluding carboxylic acids is 1. The molecule has 0 aromatic rings. The molecule has 138 valence electrons. The lowest BCUT2D eigenvalue weighted by Crippen LogP contribution is -2.46. The van der Waals surface area contributed by atoms with Crippen molar-refractivity contribution in [2.45, 2.75) is 90.1 Å². The number of hydrogen-bond acceptors (Lipinski definition) is 2. The molecule has 23 heavy (non-hydrogen) atoms. The Hall–Kier alpha value is -0.540. The Labute approximate surface area is 150 Å². The van der Waals surface area contributed by atoms with Crippen molar-refractivity contribution in [1.82, 2.24) is 10.2 Å². The molecule has 0 bridgehead atoms. The van der Waals surface area contributed by atoms with E-state index in [4.69, 9.17) is 0 Å². The van der Waals surface area contributed by atoms with Gasteiger partial charge in [-0.05, 0) is 27.4 Å². The van der Waals surface area contributed by atoms with Gasteiger partial charge in [0.2, 0.25) is 5.91 Å². The summed E-state index contributed by atoms with van der Waals surface area (Å²) in [5, 5.41) is 3.09. The monoisotopic (exact) mass is 346 g/mol. The molecule has 0 saturated carbocycles. The summed E-state index contributed by atoms with van der Waals surface area (Å²) in [4.78, 5) is 14.0. The van der Waals surface area contributed by atoms with Gasteiger partial charge in [0.15, 0.2) is 0 Å². The number of amides is 1. The Bertz CT molecular complexity index is 295. The van der Waals surface area contributed by atoms with Gasteiger partial charge in [-0.3, -0.25) is 4.79 Å². The molecule has 0 fully saturated rings. The van der Waals surface area contributed by atoms with Crippen LogP contribution in [0, 0.1) is 0 Å². The van der Waals surface area contributed by atoms with E-state index >= 15 is 0 Å². The molecular formula is C19H39ClN2O. The summed E-state index contributed by atoms with van der Waals surface area (Å²) in [5.41, 5.74) is 0. The predicted octanol–water partition coefficient (Wildman–Crippen LogP) is 4.95. The fourth-order valence-corrected chi connectivity index (χ4v) is 2.87. The Morgan fingerprint density at radius 1 is 1.04 bits per heavy atom. The van der Waals surface area contributed by atoms with Gasteiger partial charge in [0.25, 0.3) is 0 Å². The first-order chi connectivity index (χ1) is 10.5. The predicted molar refractivity (Wildman–Crippen MR) is 104 cm³/mol. The normalized spacial score (nSPS) is 13.3. The van der Waals surface area contributed by atoms with Gasteiger partial charge in [-0.15, -0.1) is 19.0 Å². The van der Waals surface area contributed by atoms with E-state index in [0.29, 0.717) is 6.42 Å². The van der Waals surface area contributed by atoms with Crippen LogP contribution in [0.15, 0.2) is 12.7 Å². The third kappa shape index (κ3) is 13.6. The lowest BCUT2D eigenvalue weighted by molar-refractivity contribution is -0.122. The summed E-state index contributed by atoms with van der Waals surface area (Å²) in [7, 11) is 4.02. The topological polar surface area (TPSA) is 32.3 Å². The first-order valence-electron chi connectivity index (χ1n) is 9.11. The number of carbonyl (C=O) groups is 1. The van der Waals surface area contributed by atoms with Gasteiger partial charge in [-0.25, -0.2) is 0 Å². The summed E-state index contributed by atoms with van der Waals surface area (Å²) < 4.78 is 0. The lowest BCUT2D eigenvalue weighted by Gasteiger charge is -2.27. The molecule has 0 heterocycles. The van der Waals surface area contributed by atoms with E-state index in [1.807, 2.05) is 27.1 Å². The number of likely N-dealkylation sites (N-methyl/N-ethyl adjacent to an activating group) is 1. The minimum absolute atomic E-state index is 0. The van der Waals surface area contributed by atoms with Gasteiger partial charge < -0.3 is 10.2 Å². The second-order valence-corrected chi connectivity index (χ2v) is 6.62. The fourth-order valence-electron chi connectivity index (χ4n) is 2.87. The van der Waals surface area contributed by atoms with Crippen LogP contribution in [-0.2, 0) is 4.79 Å². The Balaban J connectivity index is 0. The molecular weight excluding hydrogens is 308 g/mol. The molecule has 3 nitrogen and oxygen atoms in total. The first kappa shape index (κ1) is 24.7.